The van der Waals surface area contributed by atoms with E-state index in [1.54, 1.807) is 12.4 Å². The second-order valence-corrected chi connectivity index (χ2v) is 7.83. The van der Waals surface area contributed by atoms with Crippen molar-refractivity contribution in [2.45, 2.75) is 19.8 Å². The molecule has 32 heavy (non-hydrogen) atoms. The van der Waals surface area contributed by atoms with Crippen molar-refractivity contribution in [3.05, 3.63) is 36.7 Å². The lowest BCUT2D eigenvalue weighted by Gasteiger charge is -2.34. The fraction of sp³-hybridized carbons (Fsp3) is 0.522. The van der Waals surface area contributed by atoms with E-state index < -0.39 is 0 Å². The first-order chi connectivity index (χ1) is 15.8. The zero-order valence-corrected chi connectivity index (χ0v) is 18.8. The van der Waals surface area contributed by atoms with E-state index in [9.17, 15) is 0 Å². The van der Waals surface area contributed by atoms with Gasteiger partial charge in [-0.1, -0.05) is 0 Å². The molecule has 0 aliphatic carbocycles. The van der Waals surface area contributed by atoms with Gasteiger partial charge in [-0.25, -0.2) is 9.97 Å². The summed E-state index contributed by atoms with van der Waals surface area (Å²) in [5.74, 6) is 3.19. The van der Waals surface area contributed by atoms with Crippen molar-refractivity contribution in [2.75, 3.05) is 69.2 Å². The number of hydrogen-bond donors (Lipinski definition) is 2. The van der Waals surface area contributed by atoms with Gasteiger partial charge < -0.3 is 25.0 Å². The van der Waals surface area contributed by atoms with Gasteiger partial charge in [-0.15, -0.1) is 0 Å². The van der Waals surface area contributed by atoms with E-state index in [0.29, 0.717) is 13.2 Å². The molecule has 2 aliphatic heterocycles. The Labute approximate surface area is 189 Å². The minimum absolute atomic E-state index is 0.678. The third kappa shape index (κ3) is 6.23. The number of aliphatic imine (C=N–C) groups is 1. The molecule has 1 aromatic heterocycles. The standard InChI is InChI=1S/C23H33N7O2/c1-2-24-22(28-19-6-7-20-21(18-19)32-17-5-16-31-20)25-10-4-11-29-12-14-30(15-13-29)23-26-8-3-9-27-23/h3,6-9,18H,2,4-5,10-17H2,1H3,(H2,24,25,28). The van der Waals surface area contributed by atoms with Crippen LogP contribution in [0.3, 0.4) is 0 Å². The zero-order valence-electron chi connectivity index (χ0n) is 18.8. The minimum Gasteiger partial charge on any atom is -0.490 e. The van der Waals surface area contributed by atoms with Crippen LogP contribution in [0, 0.1) is 0 Å². The predicted molar refractivity (Wildman–Crippen MR) is 127 cm³/mol. The molecule has 9 heteroatoms. The number of piperazine rings is 1. The normalized spacial score (nSPS) is 17.0. The number of ether oxygens (including phenoxy) is 2. The van der Waals surface area contributed by atoms with Gasteiger partial charge in [0.1, 0.15) is 0 Å². The Morgan fingerprint density at radius 2 is 1.84 bits per heavy atom. The molecule has 2 aliphatic rings. The number of anilines is 2. The molecule has 1 saturated heterocycles. The Balaban J connectivity index is 1.23. The monoisotopic (exact) mass is 439 g/mol. The van der Waals surface area contributed by atoms with E-state index in [1.807, 2.05) is 24.3 Å². The van der Waals surface area contributed by atoms with Gasteiger partial charge in [-0.05, 0) is 31.5 Å². The highest BCUT2D eigenvalue weighted by Gasteiger charge is 2.18. The van der Waals surface area contributed by atoms with Crippen LogP contribution < -0.4 is 25.0 Å². The van der Waals surface area contributed by atoms with Crippen LogP contribution in [0.1, 0.15) is 19.8 Å². The topological polar surface area (TPSA) is 87.1 Å². The van der Waals surface area contributed by atoms with Crippen molar-refractivity contribution in [3.8, 4) is 11.5 Å². The molecular weight excluding hydrogens is 406 g/mol. The fourth-order valence-corrected chi connectivity index (χ4v) is 3.80. The largest absolute Gasteiger partial charge is 0.490 e. The molecule has 2 aromatic rings. The predicted octanol–water partition coefficient (Wildman–Crippen LogP) is 2.23. The van der Waals surface area contributed by atoms with Crippen LogP contribution in [0.5, 0.6) is 11.5 Å². The summed E-state index contributed by atoms with van der Waals surface area (Å²) in [5, 5.41) is 6.70. The molecule has 1 fully saturated rings. The van der Waals surface area contributed by atoms with Crippen LogP contribution in [0.25, 0.3) is 0 Å². The summed E-state index contributed by atoms with van der Waals surface area (Å²) in [5.41, 5.74) is 0.938. The van der Waals surface area contributed by atoms with E-state index in [0.717, 1.165) is 87.7 Å². The molecule has 4 rings (SSSR count). The molecule has 172 valence electrons. The first-order valence-corrected chi connectivity index (χ1v) is 11.5. The molecule has 0 radical (unpaired) electrons. The van der Waals surface area contributed by atoms with Gasteiger partial charge in [0, 0.05) is 76.4 Å². The van der Waals surface area contributed by atoms with Crippen molar-refractivity contribution in [1.29, 1.82) is 0 Å². The van der Waals surface area contributed by atoms with Crippen LogP contribution in [-0.2, 0) is 0 Å². The number of nitrogens with zero attached hydrogens (tertiary/aromatic N) is 5. The highest BCUT2D eigenvalue weighted by Crippen LogP contribution is 2.32. The Kier molecular flexibility index (Phi) is 7.97. The quantitative estimate of drug-likeness (QED) is 0.386. The highest BCUT2D eigenvalue weighted by atomic mass is 16.5. The van der Waals surface area contributed by atoms with E-state index in [1.165, 1.54) is 0 Å². The smallest absolute Gasteiger partial charge is 0.225 e. The molecule has 0 spiro atoms. The van der Waals surface area contributed by atoms with Crippen molar-refractivity contribution in [1.82, 2.24) is 20.2 Å². The lowest BCUT2D eigenvalue weighted by molar-refractivity contribution is 0.255. The maximum absolute atomic E-state index is 5.79. The van der Waals surface area contributed by atoms with Crippen molar-refractivity contribution < 1.29 is 9.47 Å². The van der Waals surface area contributed by atoms with Crippen LogP contribution in [0.2, 0.25) is 0 Å². The molecular formula is C23H33N7O2. The Morgan fingerprint density at radius 3 is 2.62 bits per heavy atom. The van der Waals surface area contributed by atoms with Crippen LogP contribution >= 0.6 is 0 Å². The lowest BCUT2D eigenvalue weighted by atomic mass is 10.2. The van der Waals surface area contributed by atoms with Gasteiger partial charge in [-0.3, -0.25) is 9.89 Å². The third-order valence-corrected chi connectivity index (χ3v) is 5.46. The summed E-state index contributed by atoms with van der Waals surface area (Å²) < 4.78 is 11.5. The average molecular weight is 440 g/mol. The van der Waals surface area contributed by atoms with Gasteiger partial charge in [-0.2, -0.15) is 0 Å². The molecule has 3 heterocycles. The molecule has 0 bridgehead atoms. The highest BCUT2D eigenvalue weighted by molar-refractivity contribution is 5.93. The van der Waals surface area contributed by atoms with Crippen molar-refractivity contribution in [2.24, 2.45) is 4.99 Å². The van der Waals surface area contributed by atoms with E-state index in [2.05, 4.69) is 37.3 Å². The molecule has 0 saturated carbocycles. The number of aromatic nitrogens is 2. The molecule has 1 aromatic carbocycles. The van der Waals surface area contributed by atoms with E-state index in [4.69, 9.17) is 14.5 Å². The maximum Gasteiger partial charge on any atom is 0.225 e. The van der Waals surface area contributed by atoms with Crippen molar-refractivity contribution >= 4 is 17.6 Å². The number of nitrogens with one attached hydrogen (secondary N) is 2. The maximum atomic E-state index is 5.79. The first-order valence-electron chi connectivity index (χ1n) is 11.5. The first kappa shape index (κ1) is 22.1. The summed E-state index contributed by atoms with van der Waals surface area (Å²) in [6.45, 7) is 10.0. The summed E-state index contributed by atoms with van der Waals surface area (Å²) >= 11 is 0. The zero-order chi connectivity index (χ0) is 22.0. The SMILES string of the molecule is CCNC(=NCCCN1CCN(c2ncccn2)CC1)Nc1ccc2c(c1)OCCCO2. The fourth-order valence-electron chi connectivity index (χ4n) is 3.80. The second kappa shape index (κ2) is 11.5. The Hall–Kier alpha value is -3.07. The van der Waals surface area contributed by atoms with Gasteiger partial charge >= 0.3 is 0 Å². The Bertz CT molecular complexity index is 870. The molecule has 0 atom stereocenters. The number of rotatable bonds is 7. The van der Waals surface area contributed by atoms with Gasteiger partial charge in [0.25, 0.3) is 0 Å². The average Bonchev–Trinajstić information content (AvgIpc) is 3.08. The van der Waals surface area contributed by atoms with Crippen LogP contribution in [0.15, 0.2) is 41.7 Å². The summed E-state index contributed by atoms with van der Waals surface area (Å²) in [6, 6.07) is 7.78. The minimum atomic E-state index is 0.678. The van der Waals surface area contributed by atoms with Crippen LogP contribution in [0.4, 0.5) is 11.6 Å². The molecule has 9 nitrogen and oxygen atoms in total. The van der Waals surface area contributed by atoms with Crippen LogP contribution in [-0.4, -0.2) is 79.9 Å². The summed E-state index contributed by atoms with van der Waals surface area (Å²) in [4.78, 5) is 18.2. The second-order valence-electron chi connectivity index (χ2n) is 7.83. The number of guanidine groups is 1. The van der Waals surface area contributed by atoms with Gasteiger partial charge in [0.15, 0.2) is 17.5 Å². The Morgan fingerprint density at radius 1 is 1.06 bits per heavy atom. The number of hydrogen-bond acceptors (Lipinski definition) is 7. The number of benzene rings is 1. The molecule has 0 amide bonds. The van der Waals surface area contributed by atoms with Gasteiger partial charge in [0.05, 0.1) is 13.2 Å². The molecule has 2 N–H and O–H groups in total. The molecule has 0 unspecified atom stereocenters. The lowest BCUT2D eigenvalue weighted by Crippen LogP contribution is -2.47. The number of fused-ring (bicyclic) bond motifs is 1. The van der Waals surface area contributed by atoms with Crippen molar-refractivity contribution in [3.63, 3.8) is 0 Å². The summed E-state index contributed by atoms with van der Waals surface area (Å²) in [6.07, 6.45) is 5.51. The van der Waals surface area contributed by atoms with E-state index in [-0.39, 0.29) is 0 Å². The third-order valence-electron chi connectivity index (χ3n) is 5.46. The summed E-state index contributed by atoms with van der Waals surface area (Å²) in [7, 11) is 0. The van der Waals surface area contributed by atoms with E-state index >= 15 is 0 Å². The van der Waals surface area contributed by atoms with Gasteiger partial charge in [0.2, 0.25) is 5.95 Å².